The normalized spacial score (nSPS) is 23.7. The molecule has 0 bridgehead atoms. The van der Waals surface area contributed by atoms with Crippen LogP contribution in [0.3, 0.4) is 0 Å². The Labute approximate surface area is 116 Å². The van der Waals surface area contributed by atoms with Gasteiger partial charge in [-0.05, 0) is 30.4 Å². The number of sulfonamides is 1. The summed E-state index contributed by atoms with van der Waals surface area (Å²) >= 11 is 3.55. The number of nitrogens with two attached hydrogens (primary N) is 1. The Morgan fingerprint density at radius 3 is 2.61 bits per heavy atom. The van der Waals surface area contributed by atoms with Crippen molar-refractivity contribution in [3.8, 4) is 0 Å². The van der Waals surface area contributed by atoms with E-state index in [-0.39, 0.29) is 5.75 Å². The van der Waals surface area contributed by atoms with E-state index in [1.165, 1.54) is 5.56 Å². The van der Waals surface area contributed by atoms with Gasteiger partial charge < -0.3 is 5.32 Å². The number of halogens is 1. The fourth-order valence-corrected chi connectivity index (χ4v) is 3.26. The van der Waals surface area contributed by atoms with Crippen LogP contribution in [0, 0.1) is 0 Å². The summed E-state index contributed by atoms with van der Waals surface area (Å²) in [6.45, 7) is 0.437. The third-order valence-corrected chi connectivity index (χ3v) is 4.80. The Bertz CT molecular complexity index is 513. The Morgan fingerprint density at radius 2 is 2.00 bits per heavy atom. The van der Waals surface area contributed by atoms with Gasteiger partial charge in [-0.15, -0.1) is 0 Å². The summed E-state index contributed by atoms with van der Waals surface area (Å²) in [5.74, 6) is 0.566. The molecule has 0 spiro atoms. The second kappa shape index (κ2) is 5.69. The van der Waals surface area contributed by atoms with Crippen LogP contribution in [0.5, 0.6) is 0 Å². The third kappa shape index (κ3) is 3.78. The molecule has 100 valence electrons. The van der Waals surface area contributed by atoms with Crippen LogP contribution < -0.4 is 10.5 Å². The molecule has 0 unspecified atom stereocenters. The van der Waals surface area contributed by atoms with Gasteiger partial charge >= 0.3 is 0 Å². The lowest BCUT2D eigenvalue weighted by Gasteiger charge is -2.36. The Hall–Kier alpha value is -0.430. The van der Waals surface area contributed by atoms with E-state index in [0.29, 0.717) is 18.5 Å². The molecule has 0 aromatic heterocycles. The van der Waals surface area contributed by atoms with E-state index in [2.05, 4.69) is 33.4 Å². The molecule has 0 aliphatic heterocycles. The van der Waals surface area contributed by atoms with E-state index < -0.39 is 10.0 Å². The van der Waals surface area contributed by atoms with Crippen LogP contribution in [0.1, 0.15) is 24.3 Å². The van der Waals surface area contributed by atoms with E-state index in [9.17, 15) is 8.42 Å². The number of benzene rings is 1. The first-order chi connectivity index (χ1) is 8.46. The molecule has 3 N–H and O–H groups in total. The molecule has 0 heterocycles. The zero-order valence-electron chi connectivity index (χ0n) is 9.97. The summed E-state index contributed by atoms with van der Waals surface area (Å²) in [6, 6.07) is 8.64. The van der Waals surface area contributed by atoms with E-state index in [1.807, 2.05) is 12.1 Å². The van der Waals surface area contributed by atoms with Crippen molar-refractivity contribution in [3.63, 3.8) is 0 Å². The SMILES string of the molecule is NS(=O)(=O)CCNC1CC(c2ccccc2Br)C1. The Balaban J connectivity index is 1.76. The Kier molecular flexibility index (Phi) is 4.42. The second-order valence-corrected chi connectivity index (χ2v) is 7.30. The van der Waals surface area contributed by atoms with Crippen molar-refractivity contribution in [2.24, 2.45) is 5.14 Å². The minimum atomic E-state index is -3.35. The lowest BCUT2D eigenvalue weighted by atomic mass is 9.76. The summed E-state index contributed by atoms with van der Waals surface area (Å²) in [5, 5.41) is 8.17. The van der Waals surface area contributed by atoms with E-state index in [1.54, 1.807) is 0 Å². The van der Waals surface area contributed by atoms with Crippen molar-refractivity contribution >= 4 is 26.0 Å². The highest BCUT2D eigenvalue weighted by atomic mass is 79.9. The lowest BCUT2D eigenvalue weighted by molar-refractivity contribution is 0.295. The van der Waals surface area contributed by atoms with Gasteiger partial charge in [-0.1, -0.05) is 34.1 Å². The largest absolute Gasteiger partial charge is 0.313 e. The molecule has 0 amide bonds. The number of hydrogen-bond acceptors (Lipinski definition) is 3. The monoisotopic (exact) mass is 332 g/mol. The van der Waals surface area contributed by atoms with Crippen LogP contribution in [-0.2, 0) is 10.0 Å². The molecule has 1 fully saturated rings. The van der Waals surface area contributed by atoms with Crippen LogP contribution in [-0.4, -0.2) is 26.8 Å². The zero-order chi connectivity index (χ0) is 13.2. The number of hydrogen-bond donors (Lipinski definition) is 2. The maximum atomic E-state index is 10.8. The lowest BCUT2D eigenvalue weighted by Crippen LogP contribution is -2.42. The van der Waals surface area contributed by atoms with Gasteiger partial charge in [0.1, 0.15) is 0 Å². The van der Waals surface area contributed by atoms with Gasteiger partial charge in [0.05, 0.1) is 5.75 Å². The highest BCUT2D eigenvalue weighted by molar-refractivity contribution is 9.10. The predicted molar refractivity (Wildman–Crippen MR) is 75.9 cm³/mol. The van der Waals surface area contributed by atoms with Gasteiger partial charge in [0, 0.05) is 17.1 Å². The van der Waals surface area contributed by atoms with Gasteiger partial charge in [0.25, 0.3) is 0 Å². The van der Waals surface area contributed by atoms with Crippen molar-refractivity contribution in [2.75, 3.05) is 12.3 Å². The second-order valence-electron chi connectivity index (χ2n) is 4.71. The summed E-state index contributed by atoms with van der Waals surface area (Å²) < 4.78 is 22.7. The number of nitrogens with one attached hydrogen (secondary N) is 1. The summed E-state index contributed by atoms with van der Waals surface area (Å²) in [4.78, 5) is 0. The molecule has 1 saturated carbocycles. The Morgan fingerprint density at radius 1 is 1.33 bits per heavy atom. The highest BCUT2D eigenvalue weighted by Gasteiger charge is 2.30. The highest BCUT2D eigenvalue weighted by Crippen LogP contribution is 2.39. The maximum absolute atomic E-state index is 10.8. The smallest absolute Gasteiger partial charge is 0.210 e. The van der Waals surface area contributed by atoms with E-state index in [0.717, 1.165) is 17.3 Å². The van der Waals surface area contributed by atoms with Gasteiger partial charge in [-0.3, -0.25) is 0 Å². The molecule has 1 aromatic rings. The van der Waals surface area contributed by atoms with Crippen LogP contribution in [0.25, 0.3) is 0 Å². The minimum absolute atomic E-state index is 0.00317. The molecule has 4 nitrogen and oxygen atoms in total. The average Bonchev–Trinajstić information content (AvgIpc) is 2.21. The molecule has 0 saturated heterocycles. The molecule has 6 heteroatoms. The fourth-order valence-electron chi connectivity index (χ4n) is 2.25. The molecule has 1 aliphatic rings. The molecule has 0 radical (unpaired) electrons. The molecular formula is C12H17BrN2O2S. The molecule has 1 aliphatic carbocycles. The van der Waals surface area contributed by atoms with Crippen molar-refractivity contribution in [3.05, 3.63) is 34.3 Å². The van der Waals surface area contributed by atoms with Gasteiger partial charge in [-0.25, -0.2) is 13.6 Å². The van der Waals surface area contributed by atoms with Gasteiger partial charge in [-0.2, -0.15) is 0 Å². The quantitative estimate of drug-likeness (QED) is 0.859. The van der Waals surface area contributed by atoms with Gasteiger partial charge in [0.15, 0.2) is 0 Å². The van der Waals surface area contributed by atoms with Crippen LogP contribution >= 0.6 is 15.9 Å². The molecule has 0 atom stereocenters. The number of rotatable bonds is 5. The fraction of sp³-hybridized carbons (Fsp3) is 0.500. The van der Waals surface area contributed by atoms with Gasteiger partial charge in [0.2, 0.25) is 10.0 Å². The standard InChI is InChI=1S/C12H17BrN2O2S/c13-12-4-2-1-3-11(12)9-7-10(8-9)15-5-6-18(14,16)17/h1-4,9-10,15H,5-8H2,(H2,14,16,17). The minimum Gasteiger partial charge on any atom is -0.313 e. The molecule has 18 heavy (non-hydrogen) atoms. The van der Waals surface area contributed by atoms with E-state index >= 15 is 0 Å². The zero-order valence-corrected chi connectivity index (χ0v) is 12.4. The third-order valence-electron chi connectivity index (χ3n) is 3.30. The first-order valence-electron chi connectivity index (χ1n) is 5.94. The van der Waals surface area contributed by atoms with Crippen molar-refractivity contribution in [1.29, 1.82) is 0 Å². The van der Waals surface area contributed by atoms with Crippen molar-refractivity contribution < 1.29 is 8.42 Å². The topological polar surface area (TPSA) is 72.2 Å². The first kappa shape index (κ1) is 14.0. The summed E-state index contributed by atoms with van der Waals surface area (Å²) in [7, 11) is -3.35. The molecule has 2 rings (SSSR count). The van der Waals surface area contributed by atoms with Crippen LogP contribution in [0.15, 0.2) is 28.7 Å². The summed E-state index contributed by atoms with van der Waals surface area (Å²) in [6.07, 6.45) is 2.10. The maximum Gasteiger partial charge on any atom is 0.210 e. The van der Waals surface area contributed by atoms with Crippen molar-refractivity contribution in [1.82, 2.24) is 5.32 Å². The molecular weight excluding hydrogens is 316 g/mol. The van der Waals surface area contributed by atoms with E-state index in [4.69, 9.17) is 5.14 Å². The summed E-state index contributed by atoms with van der Waals surface area (Å²) in [5.41, 5.74) is 1.34. The van der Waals surface area contributed by atoms with Crippen LogP contribution in [0.2, 0.25) is 0 Å². The predicted octanol–water partition coefficient (Wildman–Crippen LogP) is 1.57. The number of primary sulfonamides is 1. The average molecular weight is 333 g/mol. The first-order valence-corrected chi connectivity index (χ1v) is 8.45. The molecule has 1 aromatic carbocycles. The van der Waals surface area contributed by atoms with Crippen molar-refractivity contribution in [2.45, 2.75) is 24.8 Å². The van der Waals surface area contributed by atoms with Crippen LogP contribution in [0.4, 0.5) is 0 Å².